The Morgan fingerprint density at radius 2 is 1.95 bits per heavy atom. The summed E-state index contributed by atoms with van der Waals surface area (Å²) in [5, 5.41) is 12.2. The lowest BCUT2D eigenvalue weighted by molar-refractivity contribution is -0.147. The number of likely N-dealkylation sites (tertiary alicyclic amines) is 1. The van der Waals surface area contributed by atoms with Gasteiger partial charge in [0.05, 0.1) is 6.04 Å². The van der Waals surface area contributed by atoms with Gasteiger partial charge in [0.1, 0.15) is 5.54 Å². The van der Waals surface area contributed by atoms with Crippen LogP contribution in [-0.4, -0.2) is 57.1 Å². The Hall–Kier alpha value is -0.750. The molecule has 0 spiro atoms. The van der Waals surface area contributed by atoms with Gasteiger partial charge in [-0.1, -0.05) is 0 Å². The lowest BCUT2D eigenvalue weighted by atomic mass is 9.98. The molecule has 0 saturated carbocycles. The molecule has 2 aliphatic rings. The number of carbonyl (C=O) groups excluding carboxylic acids is 1. The molecule has 2 rings (SSSR count). The van der Waals surface area contributed by atoms with Crippen molar-refractivity contribution in [3.63, 3.8) is 0 Å². The van der Waals surface area contributed by atoms with Crippen molar-refractivity contribution in [2.24, 2.45) is 0 Å². The number of hydrogen-bond donors (Lipinski definition) is 2. The molecule has 6 heteroatoms. The number of nitrogens with one attached hydrogen (secondary N) is 1. The third-order valence-corrected chi connectivity index (χ3v) is 5.83. The number of carboxylic acid groups (broad SMARTS) is 1. The summed E-state index contributed by atoms with van der Waals surface area (Å²) in [7, 11) is 0. The molecule has 0 aromatic carbocycles. The number of hydrogen-bond acceptors (Lipinski definition) is 4. The Balaban J connectivity index is 2.05. The minimum Gasteiger partial charge on any atom is -0.479 e. The van der Waals surface area contributed by atoms with E-state index in [2.05, 4.69) is 24.1 Å². The Morgan fingerprint density at radius 3 is 2.40 bits per heavy atom. The zero-order valence-corrected chi connectivity index (χ0v) is 13.2. The standard InChI is InChI=1S/C14H24N2O3S/c1-9-4-5-10(2)16(9)11(3)12(17)15-14(13(18)19)6-7-20-8-14/h9-11H,4-8H2,1-3H3,(H,15,17)(H,18,19). The molecule has 0 aromatic rings. The molecule has 114 valence electrons. The number of aliphatic carboxylic acids is 1. The molecule has 4 atom stereocenters. The molecule has 2 fully saturated rings. The molecule has 2 N–H and O–H groups in total. The normalized spacial score (nSPS) is 36.0. The van der Waals surface area contributed by atoms with Crippen molar-refractivity contribution in [3.05, 3.63) is 0 Å². The minimum absolute atomic E-state index is 0.157. The predicted molar refractivity (Wildman–Crippen MR) is 79.9 cm³/mol. The van der Waals surface area contributed by atoms with Gasteiger partial charge in [-0.15, -0.1) is 0 Å². The van der Waals surface area contributed by atoms with Crippen LogP contribution in [0.25, 0.3) is 0 Å². The van der Waals surface area contributed by atoms with Crippen molar-refractivity contribution in [1.82, 2.24) is 10.2 Å². The molecule has 0 radical (unpaired) electrons. The second kappa shape index (κ2) is 5.93. The van der Waals surface area contributed by atoms with Gasteiger partial charge in [0.25, 0.3) is 0 Å². The molecule has 2 heterocycles. The van der Waals surface area contributed by atoms with E-state index < -0.39 is 11.5 Å². The van der Waals surface area contributed by atoms with E-state index in [4.69, 9.17) is 0 Å². The van der Waals surface area contributed by atoms with Crippen molar-refractivity contribution in [2.45, 2.75) is 63.7 Å². The fraction of sp³-hybridized carbons (Fsp3) is 0.857. The molecule has 0 aromatic heterocycles. The number of amides is 1. The van der Waals surface area contributed by atoms with Crippen LogP contribution in [0.4, 0.5) is 0 Å². The van der Waals surface area contributed by atoms with Crippen LogP contribution in [0.2, 0.25) is 0 Å². The Morgan fingerprint density at radius 1 is 1.35 bits per heavy atom. The Bertz CT molecular complexity index is 386. The molecule has 0 aliphatic carbocycles. The minimum atomic E-state index is -1.07. The summed E-state index contributed by atoms with van der Waals surface area (Å²) in [6.07, 6.45) is 2.70. The monoisotopic (exact) mass is 300 g/mol. The summed E-state index contributed by atoms with van der Waals surface area (Å²) < 4.78 is 0. The lowest BCUT2D eigenvalue weighted by Crippen LogP contribution is -2.60. The predicted octanol–water partition coefficient (Wildman–Crippen LogP) is 1.32. The van der Waals surface area contributed by atoms with Crippen LogP contribution in [0, 0.1) is 0 Å². The SMILES string of the molecule is CC1CCC(C)N1C(C)C(=O)NC1(C(=O)O)CCSC1. The maximum Gasteiger partial charge on any atom is 0.330 e. The van der Waals surface area contributed by atoms with Crippen LogP contribution in [0.15, 0.2) is 0 Å². The second-order valence-corrected chi connectivity index (χ2v) is 7.18. The highest BCUT2D eigenvalue weighted by Gasteiger charge is 2.45. The lowest BCUT2D eigenvalue weighted by Gasteiger charge is -2.34. The van der Waals surface area contributed by atoms with E-state index in [1.807, 2.05) is 6.92 Å². The maximum absolute atomic E-state index is 12.5. The molecular weight excluding hydrogens is 276 g/mol. The molecule has 5 nitrogen and oxygen atoms in total. The first-order chi connectivity index (χ1) is 9.37. The van der Waals surface area contributed by atoms with E-state index in [1.165, 1.54) is 0 Å². The highest BCUT2D eigenvalue weighted by Crippen LogP contribution is 2.30. The van der Waals surface area contributed by atoms with Crippen molar-refractivity contribution < 1.29 is 14.7 Å². The molecule has 20 heavy (non-hydrogen) atoms. The second-order valence-electron chi connectivity index (χ2n) is 6.08. The first-order valence-electron chi connectivity index (χ1n) is 7.28. The van der Waals surface area contributed by atoms with Gasteiger partial charge in [0.15, 0.2) is 0 Å². The molecular formula is C14H24N2O3S. The Labute approximate surface area is 124 Å². The van der Waals surface area contributed by atoms with E-state index in [-0.39, 0.29) is 11.9 Å². The van der Waals surface area contributed by atoms with E-state index in [1.54, 1.807) is 11.8 Å². The summed E-state index contributed by atoms with van der Waals surface area (Å²) in [6, 6.07) is 0.485. The molecule has 4 unspecified atom stereocenters. The molecule has 2 saturated heterocycles. The largest absolute Gasteiger partial charge is 0.479 e. The maximum atomic E-state index is 12.5. The third-order valence-electron chi connectivity index (χ3n) is 4.64. The van der Waals surface area contributed by atoms with E-state index in [0.717, 1.165) is 18.6 Å². The number of thioether (sulfide) groups is 1. The van der Waals surface area contributed by atoms with Gasteiger partial charge >= 0.3 is 5.97 Å². The number of rotatable bonds is 4. The first kappa shape index (κ1) is 15.6. The van der Waals surface area contributed by atoms with Crippen molar-refractivity contribution >= 4 is 23.6 Å². The highest BCUT2D eigenvalue weighted by molar-refractivity contribution is 7.99. The van der Waals surface area contributed by atoms with Crippen LogP contribution in [-0.2, 0) is 9.59 Å². The van der Waals surface area contributed by atoms with Crippen LogP contribution >= 0.6 is 11.8 Å². The zero-order valence-electron chi connectivity index (χ0n) is 12.4. The fourth-order valence-corrected chi connectivity index (χ4v) is 4.67. The number of nitrogens with zero attached hydrogens (tertiary/aromatic N) is 1. The third kappa shape index (κ3) is 2.81. The van der Waals surface area contributed by atoms with Gasteiger partial charge in [0.2, 0.25) is 5.91 Å². The average molecular weight is 300 g/mol. The van der Waals surface area contributed by atoms with Crippen molar-refractivity contribution in [1.29, 1.82) is 0 Å². The average Bonchev–Trinajstić information content (AvgIpc) is 2.97. The van der Waals surface area contributed by atoms with Gasteiger partial charge < -0.3 is 10.4 Å². The summed E-state index contributed by atoms with van der Waals surface area (Å²) in [4.78, 5) is 26.2. The Kier molecular flexibility index (Phi) is 4.64. The van der Waals surface area contributed by atoms with Gasteiger partial charge in [-0.3, -0.25) is 9.69 Å². The van der Waals surface area contributed by atoms with Gasteiger partial charge in [-0.2, -0.15) is 11.8 Å². The van der Waals surface area contributed by atoms with E-state index in [0.29, 0.717) is 24.3 Å². The number of carbonyl (C=O) groups is 2. The smallest absolute Gasteiger partial charge is 0.330 e. The molecule has 0 bridgehead atoms. The fourth-order valence-electron chi connectivity index (χ4n) is 3.34. The van der Waals surface area contributed by atoms with Crippen LogP contribution in [0.3, 0.4) is 0 Å². The van der Waals surface area contributed by atoms with Gasteiger partial charge in [-0.05, 0) is 45.8 Å². The van der Waals surface area contributed by atoms with Crippen LogP contribution in [0.5, 0.6) is 0 Å². The summed E-state index contributed by atoms with van der Waals surface area (Å²) >= 11 is 1.59. The summed E-state index contributed by atoms with van der Waals surface area (Å²) in [5.41, 5.74) is -1.07. The van der Waals surface area contributed by atoms with E-state index >= 15 is 0 Å². The summed E-state index contributed by atoms with van der Waals surface area (Å²) in [6.45, 7) is 6.14. The number of carboxylic acids is 1. The van der Waals surface area contributed by atoms with Crippen LogP contribution in [0.1, 0.15) is 40.0 Å². The quantitative estimate of drug-likeness (QED) is 0.819. The van der Waals surface area contributed by atoms with Gasteiger partial charge in [0, 0.05) is 17.8 Å². The van der Waals surface area contributed by atoms with Gasteiger partial charge in [-0.25, -0.2) is 4.79 Å². The van der Waals surface area contributed by atoms with Crippen molar-refractivity contribution in [3.8, 4) is 0 Å². The molecule has 1 amide bonds. The van der Waals surface area contributed by atoms with E-state index in [9.17, 15) is 14.7 Å². The summed E-state index contributed by atoms with van der Waals surface area (Å²) in [5.74, 6) is 0.185. The topological polar surface area (TPSA) is 69.6 Å². The zero-order chi connectivity index (χ0) is 14.9. The van der Waals surface area contributed by atoms with Crippen LogP contribution < -0.4 is 5.32 Å². The van der Waals surface area contributed by atoms with Crippen molar-refractivity contribution in [2.75, 3.05) is 11.5 Å². The highest BCUT2D eigenvalue weighted by atomic mass is 32.2. The first-order valence-corrected chi connectivity index (χ1v) is 8.43. The molecule has 2 aliphatic heterocycles.